The Morgan fingerprint density at radius 2 is 1.89 bits per heavy atom. The molecule has 1 aromatic heterocycles. The van der Waals surface area contributed by atoms with Gasteiger partial charge in [0.2, 0.25) is 0 Å². The highest BCUT2D eigenvalue weighted by atomic mass is 32.1. The van der Waals surface area contributed by atoms with E-state index in [1.807, 2.05) is 6.07 Å². The number of phenols is 1. The number of nitrogens with zero attached hydrogens (tertiary/aromatic N) is 1. The quantitative estimate of drug-likeness (QED) is 0.438. The van der Waals surface area contributed by atoms with Crippen LogP contribution in [0.5, 0.6) is 5.75 Å². The van der Waals surface area contributed by atoms with Crippen molar-refractivity contribution < 1.29 is 18.3 Å². The largest absolute Gasteiger partial charge is 0.508 e. The van der Waals surface area contributed by atoms with E-state index in [0.717, 1.165) is 16.5 Å². The molecule has 0 radical (unpaired) electrons. The van der Waals surface area contributed by atoms with E-state index >= 15 is 0 Å². The van der Waals surface area contributed by atoms with Gasteiger partial charge in [0.15, 0.2) is 0 Å². The number of halogens is 3. The van der Waals surface area contributed by atoms with Crippen LogP contribution >= 0.6 is 12.2 Å². The molecular weight excluding hydrogens is 375 g/mol. The molecule has 8 heteroatoms. The van der Waals surface area contributed by atoms with Gasteiger partial charge in [0.1, 0.15) is 10.7 Å². The molecule has 5 N–H and O–H groups in total. The molecule has 27 heavy (non-hydrogen) atoms. The van der Waals surface area contributed by atoms with Crippen molar-refractivity contribution in [3.8, 4) is 16.9 Å². The predicted molar refractivity (Wildman–Crippen MR) is 105 cm³/mol. The third-order valence-electron chi connectivity index (χ3n) is 4.28. The number of thiocarbonyl (C=S) groups is 1. The van der Waals surface area contributed by atoms with E-state index in [9.17, 15) is 18.3 Å². The fourth-order valence-corrected chi connectivity index (χ4v) is 3.20. The van der Waals surface area contributed by atoms with Gasteiger partial charge in [0.05, 0.1) is 5.52 Å². The van der Waals surface area contributed by atoms with Gasteiger partial charge in [-0.2, -0.15) is 13.2 Å². The number of rotatable bonds is 5. The number of phenolic OH excluding ortho intramolecular Hbond substituents is 1. The van der Waals surface area contributed by atoms with Crippen LogP contribution in [0.2, 0.25) is 0 Å². The Labute approximate surface area is 159 Å². The molecule has 0 amide bonds. The molecule has 2 aromatic carbocycles. The van der Waals surface area contributed by atoms with Gasteiger partial charge in [-0.25, -0.2) is 0 Å². The summed E-state index contributed by atoms with van der Waals surface area (Å²) in [5, 5.41) is 10.8. The molecule has 0 bridgehead atoms. The maximum absolute atomic E-state index is 12.5. The minimum Gasteiger partial charge on any atom is -0.508 e. The first-order valence-electron chi connectivity index (χ1n) is 8.23. The second-order valence-electron chi connectivity index (χ2n) is 6.36. The Hall–Kier alpha value is -2.74. The Balaban J connectivity index is 2.08. The monoisotopic (exact) mass is 393 g/mol. The van der Waals surface area contributed by atoms with Crippen molar-refractivity contribution in [1.29, 1.82) is 0 Å². The minimum absolute atomic E-state index is 0.00344. The van der Waals surface area contributed by atoms with Gasteiger partial charge in [-0.15, -0.1) is 0 Å². The summed E-state index contributed by atoms with van der Waals surface area (Å²) in [5.74, 6) is 0.00344. The van der Waals surface area contributed by atoms with Gasteiger partial charge in [-0.1, -0.05) is 18.3 Å². The van der Waals surface area contributed by atoms with Crippen LogP contribution in [-0.4, -0.2) is 20.8 Å². The maximum atomic E-state index is 12.5. The van der Waals surface area contributed by atoms with Crippen LogP contribution in [0.25, 0.3) is 22.0 Å². The molecular formula is C19H18F3N3OS. The Morgan fingerprint density at radius 3 is 2.56 bits per heavy atom. The van der Waals surface area contributed by atoms with Crippen molar-refractivity contribution in [3.63, 3.8) is 0 Å². The molecule has 3 aromatic rings. The van der Waals surface area contributed by atoms with Crippen LogP contribution in [0, 0.1) is 0 Å². The third-order valence-corrected chi connectivity index (χ3v) is 4.51. The molecule has 0 saturated carbocycles. The highest BCUT2D eigenvalue weighted by Gasteiger charge is 2.26. The maximum Gasteiger partial charge on any atom is 0.389 e. The number of hydrogen-bond acceptors (Lipinski definition) is 3. The van der Waals surface area contributed by atoms with Crippen molar-refractivity contribution in [2.75, 3.05) is 5.73 Å². The summed E-state index contributed by atoms with van der Waals surface area (Å²) in [5.41, 5.74) is 14.7. The topological polar surface area (TPSA) is 77.2 Å². The van der Waals surface area contributed by atoms with E-state index in [4.69, 9.17) is 23.7 Å². The number of aromatic nitrogens is 1. The molecule has 4 nitrogen and oxygen atoms in total. The van der Waals surface area contributed by atoms with Crippen molar-refractivity contribution in [3.05, 3.63) is 48.2 Å². The lowest BCUT2D eigenvalue weighted by Gasteiger charge is -2.08. The number of nitrogen functional groups attached to an aromatic ring is 1. The molecule has 0 spiro atoms. The summed E-state index contributed by atoms with van der Waals surface area (Å²) in [6.45, 7) is 0.195. The van der Waals surface area contributed by atoms with E-state index in [-0.39, 0.29) is 23.7 Å². The SMILES string of the molecule is NC(=S)c1cc(O)cc(-c2cn(CCCC(F)(F)F)c3cc(N)ccc23)c1. The second kappa shape index (κ2) is 7.11. The number of aryl methyl sites for hydroxylation is 1. The van der Waals surface area contributed by atoms with E-state index in [1.165, 1.54) is 6.07 Å². The van der Waals surface area contributed by atoms with E-state index in [2.05, 4.69) is 0 Å². The van der Waals surface area contributed by atoms with Crippen molar-refractivity contribution in [2.24, 2.45) is 5.73 Å². The molecule has 0 aliphatic carbocycles. The summed E-state index contributed by atoms with van der Waals surface area (Å²) in [4.78, 5) is 0.144. The van der Waals surface area contributed by atoms with Crippen molar-refractivity contribution >= 4 is 33.8 Å². The molecule has 142 valence electrons. The Kier molecular flexibility index (Phi) is 5.01. The van der Waals surface area contributed by atoms with Crippen LogP contribution in [0.1, 0.15) is 18.4 Å². The van der Waals surface area contributed by atoms with Gasteiger partial charge >= 0.3 is 6.18 Å². The molecule has 0 aliphatic heterocycles. The zero-order valence-electron chi connectivity index (χ0n) is 14.3. The molecule has 0 saturated heterocycles. The number of nitrogens with two attached hydrogens (primary N) is 2. The Morgan fingerprint density at radius 1 is 1.15 bits per heavy atom. The lowest BCUT2D eigenvalue weighted by atomic mass is 10.0. The number of alkyl halides is 3. The van der Waals surface area contributed by atoms with E-state index in [1.54, 1.807) is 35.0 Å². The van der Waals surface area contributed by atoms with Crippen molar-refractivity contribution in [2.45, 2.75) is 25.6 Å². The lowest BCUT2D eigenvalue weighted by molar-refractivity contribution is -0.135. The first-order chi connectivity index (χ1) is 12.6. The molecule has 0 unspecified atom stereocenters. The lowest BCUT2D eigenvalue weighted by Crippen LogP contribution is -2.09. The minimum atomic E-state index is -4.19. The highest BCUT2D eigenvalue weighted by molar-refractivity contribution is 7.80. The van der Waals surface area contributed by atoms with Gasteiger partial charge in [-0.05, 0) is 42.3 Å². The number of benzene rings is 2. The average Bonchev–Trinajstić information content (AvgIpc) is 2.91. The standard InChI is InChI=1S/C19H18F3N3OS/c20-19(21,22)4-1-5-25-10-16(15-3-2-13(23)9-17(15)25)11-6-12(18(24)27)8-14(26)7-11/h2-3,6-10,26H,1,4-5,23H2,(H2,24,27). The number of fused-ring (bicyclic) bond motifs is 1. The van der Waals surface area contributed by atoms with Gasteiger partial charge in [0.25, 0.3) is 0 Å². The van der Waals surface area contributed by atoms with Gasteiger partial charge in [0, 0.05) is 41.4 Å². The zero-order valence-corrected chi connectivity index (χ0v) is 15.1. The van der Waals surface area contributed by atoms with E-state index < -0.39 is 12.6 Å². The zero-order chi connectivity index (χ0) is 19.8. The fraction of sp³-hybridized carbons (Fsp3) is 0.211. The summed E-state index contributed by atoms with van der Waals surface area (Å²) in [6.07, 6.45) is -3.33. The number of hydrogen-bond donors (Lipinski definition) is 3. The van der Waals surface area contributed by atoms with Crippen LogP contribution in [0.3, 0.4) is 0 Å². The summed E-state index contributed by atoms with van der Waals surface area (Å²) in [6, 6.07) is 10.0. The summed E-state index contributed by atoms with van der Waals surface area (Å²) >= 11 is 4.98. The van der Waals surface area contributed by atoms with Crippen molar-refractivity contribution in [1.82, 2.24) is 4.57 Å². The van der Waals surface area contributed by atoms with Gasteiger partial charge < -0.3 is 21.1 Å². The fourth-order valence-electron chi connectivity index (χ4n) is 3.08. The average molecular weight is 393 g/mol. The van der Waals surface area contributed by atoms with Crippen LogP contribution in [0.4, 0.5) is 18.9 Å². The molecule has 3 rings (SSSR count). The smallest absolute Gasteiger partial charge is 0.389 e. The van der Waals surface area contributed by atoms with Crippen LogP contribution < -0.4 is 11.5 Å². The second-order valence-corrected chi connectivity index (χ2v) is 6.80. The number of aromatic hydroxyl groups is 1. The summed E-state index contributed by atoms with van der Waals surface area (Å²) < 4.78 is 39.2. The van der Waals surface area contributed by atoms with E-state index in [0.29, 0.717) is 16.8 Å². The van der Waals surface area contributed by atoms with Gasteiger partial charge in [-0.3, -0.25) is 0 Å². The molecule has 0 atom stereocenters. The molecule has 1 heterocycles. The molecule has 0 aliphatic rings. The number of anilines is 1. The first kappa shape index (κ1) is 19.0. The molecule has 0 fully saturated rings. The first-order valence-corrected chi connectivity index (χ1v) is 8.64. The normalized spacial score (nSPS) is 11.8. The summed E-state index contributed by atoms with van der Waals surface area (Å²) in [7, 11) is 0. The Bertz CT molecular complexity index is 1010. The van der Waals surface area contributed by atoms with Crippen LogP contribution in [-0.2, 0) is 6.54 Å². The van der Waals surface area contributed by atoms with Crippen LogP contribution in [0.15, 0.2) is 42.6 Å². The third kappa shape index (κ3) is 4.33. The predicted octanol–water partition coefficient (Wildman–Crippen LogP) is 4.57. The highest BCUT2D eigenvalue weighted by Crippen LogP contribution is 2.34.